The highest BCUT2D eigenvalue weighted by Crippen LogP contribution is 2.55. The molecule has 5 heteroatoms. The van der Waals surface area contributed by atoms with Gasteiger partial charge in [-0.2, -0.15) is 0 Å². The van der Waals surface area contributed by atoms with E-state index in [1.54, 1.807) is 0 Å². The van der Waals surface area contributed by atoms with E-state index in [9.17, 15) is 14.7 Å². The first-order chi connectivity index (χ1) is 9.97. The first kappa shape index (κ1) is 14.6. The molecule has 0 bridgehead atoms. The Morgan fingerprint density at radius 2 is 2.29 bits per heavy atom. The van der Waals surface area contributed by atoms with E-state index in [1.807, 2.05) is 13.8 Å². The summed E-state index contributed by atoms with van der Waals surface area (Å²) in [6.07, 6.45) is 7.87. The van der Waals surface area contributed by atoms with Crippen molar-refractivity contribution in [3.8, 4) is 0 Å². The number of allylic oxidation sites excluding steroid dienone is 2. The van der Waals surface area contributed by atoms with Gasteiger partial charge in [-0.1, -0.05) is 19.1 Å². The summed E-state index contributed by atoms with van der Waals surface area (Å²) in [7, 11) is 0. The minimum atomic E-state index is -0.934. The molecule has 0 spiro atoms. The fourth-order valence-corrected chi connectivity index (χ4v) is 4.43. The second-order valence-corrected chi connectivity index (χ2v) is 6.67. The third-order valence-electron chi connectivity index (χ3n) is 5.75. The SMILES string of the molecule is C[C@@H]([C@@H]1C=CCCC1)[C@@]12NC(=O)[C@H](CCO)[C@]1(C)OC2=O. The van der Waals surface area contributed by atoms with Gasteiger partial charge in [0.15, 0.2) is 11.1 Å². The second-order valence-electron chi connectivity index (χ2n) is 6.67. The molecule has 3 rings (SSSR count). The molecule has 5 atom stereocenters. The number of fused-ring (bicyclic) bond motifs is 1. The molecule has 2 saturated heterocycles. The maximum atomic E-state index is 12.3. The Kier molecular flexibility index (Phi) is 3.35. The van der Waals surface area contributed by atoms with Crippen LogP contribution in [0.2, 0.25) is 0 Å². The Hall–Kier alpha value is -1.36. The molecular formula is C16H23NO4. The van der Waals surface area contributed by atoms with Crippen LogP contribution in [0.3, 0.4) is 0 Å². The van der Waals surface area contributed by atoms with Gasteiger partial charge in [-0.05, 0) is 38.5 Å². The fraction of sp³-hybridized carbons (Fsp3) is 0.750. The van der Waals surface area contributed by atoms with Gasteiger partial charge in [0, 0.05) is 12.5 Å². The van der Waals surface area contributed by atoms with Crippen LogP contribution < -0.4 is 5.32 Å². The minimum Gasteiger partial charge on any atom is -0.453 e. The van der Waals surface area contributed by atoms with Crippen LogP contribution in [0.5, 0.6) is 0 Å². The Morgan fingerprint density at radius 3 is 2.86 bits per heavy atom. The smallest absolute Gasteiger partial charge is 0.337 e. The Labute approximate surface area is 124 Å². The van der Waals surface area contributed by atoms with E-state index in [4.69, 9.17) is 4.74 Å². The predicted molar refractivity (Wildman–Crippen MR) is 76.2 cm³/mol. The van der Waals surface area contributed by atoms with Crippen LogP contribution in [0, 0.1) is 17.8 Å². The van der Waals surface area contributed by atoms with Crippen molar-refractivity contribution in [3.63, 3.8) is 0 Å². The second kappa shape index (κ2) is 4.83. The lowest BCUT2D eigenvalue weighted by atomic mass is 9.61. The number of amides is 1. The van der Waals surface area contributed by atoms with Crippen molar-refractivity contribution in [1.29, 1.82) is 0 Å². The quantitative estimate of drug-likeness (QED) is 0.602. The molecule has 0 aromatic rings. The average molecular weight is 293 g/mol. The Morgan fingerprint density at radius 1 is 1.52 bits per heavy atom. The van der Waals surface area contributed by atoms with E-state index >= 15 is 0 Å². The van der Waals surface area contributed by atoms with Crippen LogP contribution in [0.15, 0.2) is 12.2 Å². The minimum absolute atomic E-state index is 0.00653. The van der Waals surface area contributed by atoms with Gasteiger partial charge in [0.05, 0.1) is 5.92 Å². The van der Waals surface area contributed by atoms with E-state index in [0.717, 1.165) is 19.3 Å². The molecule has 2 heterocycles. The summed E-state index contributed by atoms with van der Waals surface area (Å²) >= 11 is 0. The fourth-order valence-electron chi connectivity index (χ4n) is 4.43. The molecule has 0 saturated carbocycles. The van der Waals surface area contributed by atoms with Gasteiger partial charge in [0.1, 0.15) is 0 Å². The summed E-state index contributed by atoms with van der Waals surface area (Å²) in [5.74, 6) is -0.698. The van der Waals surface area contributed by atoms with Crippen molar-refractivity contribution in [2.75, 3.05) is 6.61 Å². The lowest BCUT2D eigenvalue weighted by Gasteiger charge is -2.55. The lowest BCUT2D eigenvalue weighted by molar-refractivity contribution is -0.230. The highest BCUT2D eigenvalue weighted by Gasteiger charge is 2.78. The molecular weight excluding hydrogens is 270 g/mol. The normalized spacial score (nSPS) is 42.8. The molecule has 1 aliphatic carbocycles. The molecule has 0 radical (unpaired) electrons. The van der Waals surface area contributed by atoms with Gasteiger partial charge in [0.2, 0.25) is 5.91 Å². The van der Waals surface area contributed by atoms with Crippen LogP contribution >= 0.6 is 0 Å². The molecule has 0 unspecified atom stereocenters. The van der Waals surface area contributed by atoms with Crippen LogP contribution in [0.4, 0.5) is 0 Å². The van der Waals surface area contributed by atoms with Crippen molar-refractivity contribution in [1.82, 2.24) is 5.32 Å². The lowest BCUT2D eigenvalue weighted by Crippen LogP contribution is -2.77. The molecule has 2 aliphatic heterocycles. The topological polar surface area (TPSA) is 75.6 Å². The van der Waals surface area contributed by atoms with E-state index in [1.165, 1.54) is 0 Å². The van der Waals surface area contributed by atoms with Gasteiger partial charge in [-0.15, -0.1) is 0 Å². The van der Waals surface area contributed by atoms with Crippen molar-refractivity contribution in [2.45, 2.75) is 50.7 Å². The van der Waals surface area contributed by atoms with Crippen molar-refractivity contribution in [3.05, 3.63) is 12.2 Å². The first-order valence-corrected chi connectivity index (χ1v) is 7.80. The van der Waals surface area contributed by atoms with E-state index in [2.05, 4.69) is 17.5 Å². The van der Waals surface area contributed by atoms with E-state index < -0.39 is 17.1 Å². The monoisotopic (exact) mass is 293 g/mol. The predicted octanol–water partition coefficient (Wildman–Crippen LogP) is 1.16. The number of rotatable bonds is 4. The molecule has 116 valence electrons. The summed E-state index contributed by atoms with van der Waals surface area (Å²) in [6.45, 7) is 3.77. The summed E-state index contributed by atoms with van der Waals surface area (Å²) in [5.41, 5.74) is -1.77. The summed E-state index contributed by atoms with van der Waals surface area (Å²) in [6, 6.07) is 0. The Bertz CT molecular complexity index is 503. The number of hydrogen-bond acceptors (Lipinski definition) is 4. The van der Waals surface area contributed by atoms with Gasteiger partial charge in [0.25, 0.3) is 0 Å². The number of carbonyl (C=O) groups excluding carboxylic acids is 2. The number of aliphatic hydroxyl groups excluding tert-OH is 1. The number of nitrogens with one attached hydrogen (secondary N) is 1. The van der Waals surface area contributed by atoms with Gasteiger partial charge >= 0.3 is 5.97 Å². The Balaban J connectivity index is 1.94. The highest BCUT2D eigenvalue weighted by molar-refractivity contribution is 6.01. The number of ether oxygens (including phenoxy) is 1. The molecule has 3 aliphatic rings. The molecule has 2 N–H and O–H groups in total. The van der Waals surface area contributed by atoms with Crippen LogP contribution in [0.25, 0.3) is 0 Å². The van der Waals surface area contributed by atoms with Crippen molar-refractivity contribution >= 4 is 11.9 Å². The van der Waals surface area contributed by atoms with Gasteiger partial charge in [-0.25, -0.2) is 4.79 Å². The molecule has 2 fully saturated rings. The first-order valence-electron chi connectivity index (χ1n) is 7.80. The number of aliphatic hydroxyl groups is 1. The summed E-state index contributed by atoms with van der Waals surface area (Å²) < 4.78 is 5.44. The standard InChI is InChI=1S/C16H23NO4/c1-10(11-6-4-3-5-7-11)16-14(20)21-15(16,2)12(8-9-18)13(19)17-16/h4,6,10-12,18H,3,5,7-9H2,1-2H3,(H,17,19)/t10-,11+,12-,15-,16-/m0/s1. The van der Waals surface area contributed by atoms with Crippen LogP contribution in [-0.4, -0.2) is 34.7 Å². The molecule has 0 aromatic carbocycles. The zero-order valence-corrected chi connectivity index (χ0v) is 12.6. The zero-order valence-electron chi connectivity index (χ0n) is 12.6. The maximum Gasteiger partial charge on any atom is 0.337 e. The molecule has 0 aromatic heterocycles. The van der Waals surface area contributed by atoms with Crippen LogP contribution in [0.1, 0.15) is 39.5 Å². The van der Waals surface area contributed by atoms with Gasteiger partial charge in [-0.3, -0.25) is 4.79 Å². The van der Waals surface area contributed by atoms with Crippen LogP contribution in [-0.2, 0) is 14.3 Å². The molecule has 5 nitrogen and oxygen atoms in total. The van der Waals surface area contributed by atoms with Crippen molar-refractivity contribution in [2.24, 2.45) is 17.8 Å². The van der Waals surface area contributed by atoms with Crippen molar-refractivity contribution < 1.29 is 19.4 Å². The number of esters is 1. The summed E-state index contributed by atoms with van der Waals surface area (Å²) in [4.78, 5) is 24.6. The van der Waals surface area contributed by atoms with E-state index in [-0.39, 0.29) is 30.3 Å². The molecule has 1 amide bonds. The number of hydrogen-bond donors (Lipinski definition) is 2. The zero-order chi connectivity index (χ0) is 15.3. The average Bonchev–Trinajstić information content (AvgIpc) is 2.65. The maximum absolute atomic E-state index is 12.3. The van der Waals surface area contributed by atoms with Gasteiger partial charge < -0.3 is 15.2 Å². The van der Waals surface area contributed by atoms with E-state index in [0.29, 0.717) is 6.42 Å². The highest BCUT2D eigenvalue weighted by atomic mass is 16.6. The largest absolute Gasteiger partial charge is 0.453 e. The summed E-state index contributed by atoms with van der Waals surface area (Å²) in [5, 5.41) is 12.1. The third-order valence-corrected chi connectivity index (χ3v) is 5.75. The molecule has 21 heavy (non-hydrogen) atoms. The third kappa shape index (κ3) is 1.73. The number of carbonyl (C=O) groups is 2.